The Kier molecular flexibility index (Phi) is 6.07. The highest BCUT2D eigenvalue weighted by Crippen LogP contribution is 2.23. The van der Waals surface area contributed by atoms with E-state index in [-0.39, 0.29) is 5.91 Å². The SMILES string of the molecule is CSCCC(NC(=O)C(C)(C)c1ccccc1)C(=O)O. The standard InChI is InChI=1S/C15H21NO3S/c1-15(2,11-7-5-4-6-8-11)14(19)16-12(13(17)18)9-10-20-3/h4-8,12H,9-10H2,1-3H3,(H,16,19)(H,17,18). The number of carbonyl (C=O) groups is 2. The summed E-state index contributed by atoms with van der Waals surface area (Å²) < 4.78 is 0. The van der Waals surface area contributed by atoms with Crippen LogP contribution in [0.2, 0.25) is 0 Å². The summed E-state index contributed by atoms with van der Waals surface area (Å²) in [7, 11) is 0. The van der Waals surface area contributed by atoms with Crippen molar-refractivity contribution < 1.29 is 14.7 Å². The van der Waals surface area contributed by atoms with Gasteiger partial charge in [0.2, 0.25) is 5.91 Å². The maximum Gasteiger partial charge on any atom is 0.326 e. The molecule has 2 N–H and O–H groups in total. The van der Waals surface area contributed by atoms with E-state index in [1.54, 1.807) is 25.6 Å². The largest absolute Gasteiger partial charge is 0.480 e. The van der Waals surface area contributed by atoms with Crippen molar-refractivity contribution in [1.82, 2.24) is 5.32 Å². The Bertz CT molecular complexity index is 459. The van der Waals surface area contributed by atoms with Crippen LogP contribution in [0.4, 0.5) is 0 Å². The van der Waals surface area contributed by atoms with Crippen molar-refractivity contribution in [3.05, 3.63) is 35.9 Å². The molecular formula is C15H21NO3S. The summed E-state index contributed by atoms with van der Waals surface area (Å²) in [6.45, 7) is 3.59. The first-order valence-corrected chi connectivity index (χ1v) is 7.87. The smallest absolute Gasteiger partial charge is 0.326 e. The maximum atomic E-state index is 12.4. The number of benzene rings is 1. The molecule has 1 amide bonds. The van der Waals surface area contributed by atoms with Gasteiger partial charge in [0.15, 0.2) is 0 Å². The van der Waals surface area contributed by atoms with Crippen LogP contribution in [-0.2, 0) is 15.0 Å². The fraction of sp³-hybridized carbons (Fsp3) is 0.467. The van der Waals surface area contributed by atoms with Crippen LogP contribution in [0.1, 0.15) is 25.8 Å². The Balaban J connectivity index is 2.80. The fourth-order valence-corrected chi connectivity index (χ4v) is 2.29. The number of carboxylic acids is 1. The number of hydrogen-bond acceptors (Lipinski definition) is 3. The second-order valence-corrected chi connectivity index (χ2v) is 6.12. The van der Waals surface area contributed by atoms with Gasteiger partial charge in [0.25, 0.3) is 0 Å². The van der Waals surface area contributed by atoms with Crippen LogP contribution in [-0.4, -0.2) is 35.0 Å². The molecular weight excluding hydrogens is 274 g/mol. The van der Waals surface area contributed by atoms with Gasteiger partial charge in [-0.15, -0.1) is 0 Å². The van der Waals surface area contributed by atoms with Crippen molar-refractivity contribution in [1.29, 1.82) is 0 Å². The number of carboxylic acid groups (broad SMARTS) is 1. The van der Waals surface area contributed by atoms with E-state index in [9.17, 15) is 9.59 Å². The summed E-state index contributed by atoms with van der Waals surface area (Å²) in [4.78, 5) is 23.5. The molecule has 1 rings (SSSR count). The number of nitrogens with one attached hydrogen (secondary N) is 1. The van der Waals surface area contributed by atoms with Gasteiger partial charge in [0.1, 0.15) is 6.04 Å². The van der Waals surface area contributed by atoms with Gasteiger partial charge in [-0.1, -0.05) is 30.3 Å². The van der Waals surface area contributed by atoms with E-state index in [4.69, 9.17) is 5.11 Å². The van der Waals surface area contributed by atoms with E-state index in [2.05, 4.69) is 5.32 Å². The van der Waals surface area contributed by atoms with E-state index in [1.165, 1.54) is 0 Å². The molecule has 20 heavy (non-hydrogen) atoms. The van der Waals surface area contributed by atoms with E-state index in [0.29, 0.717) is 12.2 Å². The lowest BCUT2D eigenvalue weighted by Gasteiger charge is -2.26. The van der Waals surface area contributed by atoms with Gasteiger partial charge in [0.05, 0.1) is 5.41 Å². The molecule has 0 aromatic heterocycles. The van der Waals surface area contributed by atoms with E-state index in [0.717, 1.165) is 5.56 Å². The summed E-state index contributed by atoms with van der Waals surface area (Å²) in [5.41, 5.74) is 0.111. The molecule has 0 saturated heterocycles. The zero-order chi connectivity index (χ0) is 15.2. The number of thioether (sulfide) groups is 1. The van der Waals surface area contributed by atoms with Crippen molar-refractivity contribution >= 4 is 23.6 Å². The molecule has 0 radical (unpaired) electrons. The van der Waals surface area contributed by atoms with Crippen molar-refractivity contribution in [2.75, 3.05) is 12.0 Å². The Morgan fingerprint density at radius 2 is 1.90 bits per heavy atom. The number of aliphatic carboxylic acids is 1. The molecule has 0 bridgehead atoms. The summed E-state index contributed by atoms with van der Waals surface area (Å²) >= 11 is 1.56. The second kappa shape index (κ2) is 7.33. The van der Waals surface area contributed by atoms with E-state index < -0.39 is 17.4 Å². The molecule has 1 aromatic carbocycles. The third-order valence-corrected chi connectivity index (χ3v) is 3.92. The second-order valence-electron chi connectivity index (χ2n) is 5.14. The first kappa shape index (κ1) is 16.6. The zero-order valence-corrected chi connectivity index (χ0v) is 12.9. The molecule has 1 aromatic rings. The lowest BCUT2D eigenvalue weighted by molar-refractivity contribution is -0.142. The predicted octanol–water partition coefficient (Wildman–Crippen LogP) is 2.29. The molecule has 0 aliphatic heterocycles. The summed E-state index contributed by atoms with van der Waals surface area (Å²) in [5.74, 6) is -0.559. The minimum atomic E-state index is -0.990. The van der Waals surface area contributed by atoms with E-state index in [1.807, 2.05) is 36.6 Å². The predicted molar refractivity (Wildman–Crippen MR) is 82.0 cm³/mol. The van der Waals surface area contributed by atoms with Crippen molar-refractivity contribution in [3.63, 3.8) is 0 Å². The Morgan fingerprint density at radius 1 is 1.30 bits per heavy atom. The molecule has 4 nitrogen and oxygen atoms in total. The molecule has 0 fully saturated rings. The van der Waals surface area contributed by atoms with Crippen LogP contribution in [0, 0.1) is 0 Å². The van der Waals surface area contributed by atoms with Gasteiger partial charge in [-0.3, -0.25) is 4.79 Å². The van der Waals surface area contributed by atoms with Crippen LogP contribution in [0.5, 0.6) is 0 Å². The van der Waals surface area contributed by atoms with Crippen LogP contribution in [0.3, 0.4) is 0 Å². The molecule has 1 atom stereocenters. The normalized spacial score (nSPS) is 12.8. The van der Waals surface area contributed by atoms with Crippen molar-refractivity contribution in [3.8, 4) is 0 Å². The first-order valence-electron chi connectivity index (χ1n) is 6.48. The Morgan fingerprint density at radius 3 is 2.40 bits per heavy atom. The van der Waals surface area contributed by atoms with Gasteiger partial charge in [0, 0.05) is 0 Å². The number of hydrogen-bond donors (Lipinski definition) is 2. The molecule has 110 valence electrons. The maximum absolute atomic E-state index is 12.4. The van der Waals surface area contributed by atoms with Gasteiger partial charge in [-0.25, -0.2) is 4.79 Å². The molecule has 0 spiro atoms. The number of carbonyl (C=O) groups excluding carboxylic acids is 1. The minimum absolute atomic E-state index is 0.266. The minimum Gasteiger partial charge on any atom is -0.480 e. The van der Waals surface area contributed by atoms with Gasteiger partial charge < -0.3 is 10.4 Å². The number of rotatable bonds is 7. The Labute approximate surface area is 124 Å². The zero-order valence-electron chi connectivity index (χ0n) is 12.1. The highest BCUT2D eigenvalue weighted by Gasteiger charge is 2.32. The van der Waals surface area contributed by atoms with Crippen LogP contribution >= 0.6 is 11.8 Å². The fourth-order valence-electron chi connectivity index (χ4n) is 1.82. The highest BCUT2D eigenvalue weighted by molar-refractivity contribution is 7.98. The Hall–Kier alpha value is -1.49. The topological polar surface area (TPSA) is 66.4 Å². The quantitative estimate of drug-likeness (QED) is 0.810. The van der Waals surface area contributed by atoms with E-state index >= 15 is 0 Å². The molecule has 0 aliphatic carbocycles. The first-order chi connectivity index (χ1) is 9.39. The molecule has 1 unspecified atom stereocenters. The summed E-state index contributed by atoms with van der Waals surface area (Å²) in [6, 6.07) is 8.53. The van der Waals surface area contributed by atoms with Gasteiger partial charge in [-0.2, -0.15) is 11.8 Å². The van der Waals surface area contributed by atoms with Crippen LogP contribution in [0.15, 0.2) is 30.3 Å². The highest BCUT2D eigenvalue weighted by atomic mass is 32.2. The average Bonchev–Trinajstić information content (AvgIpc) is 2.43. The number of amides is 1. The average molecular weight is 295 g/mol. The van der Waals surface area contributed by atoms with Crippen LogP contribution in [0.25, 0.3) is 0 Å². The van der Waals surface area contributed by atoms with Crippen molar-refractivity contribution in [2.45, 2.75) is 31.7 Å². The van der Waals surface area contributed by atoms with Crippen molar-refractivity contribution in [2.24, 2.45) is 0 Å². The molecule has 5 heteroatoms. The third-order valence-electron chi connectivity index (χ3n) is 3.28. The molecule has 0 saturated carbocycles. The van der Waals surface area contributed by atoms with Crippen LogP contribution < -0.4 is 5.32 Å². The lowest BCUT2D eigenvalue weighted by atomic mass is 9.83. The third kappa shape index (κ3) is 4.27. The summed E-state index contributed by atoms with van der Waals surface area (Å²) in [5, 5.41) is 11.8. The summed E-state index contributed by atoms with van der Waals surface area (Å²) in [6.07, 6.45) is 2.34. The molecule has 0 heterocycles. The molecule has 0 aliphatic rings. The van der Waals surface area contributed by atoms with Gasteiger partial charge in [-0.05, 0) is 37.8 Å². The van der Waals surface area contributed by atoms with Gasteiger partial charge >= 0.3 is 5.97 Å². The lowest BCUT2D eigenvalue weighted by Crippen LogP contribution is -2.48. The monoisotopic (exact) mass is 295 g/mol.